The second kappa shape index (κ2) is 6.68. The molecule has 0 radical (unpaired) electrons. The van der Waals surface area contributed by atoms with Crippen molar-refractivity contribution in [2.45, 2.75) is 26.2 Å². The Bertz CT molecular complexity index is 828. The average molecular weight is 348 g/mol. The van der Waals surface area contributed by atoms with Gasteiger partial charge in [0.2, 0.25) is 15.9 Å². The summed E-state index contributed by atoms with van der Waals surface area (Å²) in [5.41, 5.74) is 2.13. The van der Waals surface area contributed by atoms with Gasteiger partial charge in [0, 0.05) is 25.1 Å². The van der Waals surface area contributed by atoms with Gasteiger partial charge in [-0.05, 0) is 43.2 Å². The van der Waals surface area contributed by atoms with Crippen molar-refractivity contribution in [3.63, 3.8) is 0 Å². The topological polar surface area (TPSA) is 79.6 Å². The Hall–Kier alpha value is -2.28. The van der Waals surface area contributed by atoms with E-state index in [9.17, 15) is 13.2 Å². The van der Waals surface area contributed by atoms with E-state index in [1.807, 2.05) is 19.1 Å². The molecule has 2 heterocycles. The smallest absolute Gasteiger partial charge is 0.235 e. The predicted molar refractivity (Wildman–Crippen MR) is 92.6 cm³/mol. The molecule has 3 rings (SSSR count). The number of hydrogen-bond acceptors (Lipinski definition) is 4. The Morgan fingerprint density at radius 2 is 2.17 bits per heavy atom. The van der Waals surface area contributed by atoms with Gasteiger partial charge in [0.25, 0.3) is 0 Å². The molecule has 1 N–H and O–H groups in total. The first-order chi connectivity index (χ1) is 11.5. The van der Waals surface area contributed by atoms with E-state index >= 15 is 0 Å². The van der Waals surface area contributed by atoms with Crippen LogP contribution in [0.15, 0.2) is 41.0 Å². The summed E-state index contributed by atoms with van der Waals surface area (Å²) in [4.78, 5) is 12.1. The number of rotatable bonds is 5. The fraction of sp³-hybridized carbons (Fsp3) is 0.353. The first kappa shape index (κ1) is 16.6. The van der Waals surface area contributed by atoms with Crippen LogP contribution in [-0.4, -0.2) is 26.6 Å². The fourth-order valence-electron chi connectivity index (χ4n) is 2.73. The van der Waals surface area contributed by atoms with Crippen LogP contribution in [0, 0.1) is 6.92 Å². The lowest BCUT2D eigenvalue weighted by molar-refractivity contribution is -0.116. The van der Waals surface area contributed by atoms with Crippen molar-refractivity contribution in [3.8, 4) is 0 Å². The second-order valence-electron chi connectivity index (χ2n) is 5.87. The number of carbonyl (C=O) groups excluding carboxylic acids is 1. The number of anilines is 2. The van der Waals surface area contributed by atoms with Crippen molar-refractivity contribution in [2.75, 3.05) is 21.9 Å². The molecule has 0 unspecified atom stereocenters. The number of benzene rings is 1. The SMILES string of the molecule is Cc1ccc(N2CCCS2(=O)=O)cc1NC(=O)CCc1ccco1. The Balaban J connectivity index is 1.71. The fourth-order valence-corrected chi connectivity index (χ4v) is 4.29. The van der Waals surface area contributed by atoms with Gasteiger partial charge in [-0.25, -0.2) is 8.42 Å². The maximum atomic E-state index is 12.1. The van der Waals surface area contributed by atoms with Crippen LogP contribution in [0.25, 0.3) is 0 Å². The number of nitrogens with one attached hydrogen (secondary N) is 1. The molecule has 1 aliphatic heterocycles. The second-order valence-corrected chi connectivity index (χ2v) is 7.88. The maximum absolute atomic E-state index is 12.1. The van der Waals surface area contributed by atoms with Gasteiger partial charge in [0.15, 0.2) is 0 Å². The number of aryl methyl sites for hydroxylation is 2. The van der Waals surface area contributed by atoms with E-state index in [1.165, 1.54) is 4.31 Å². The maximum Gasteiger partial charge on any atom is 0.235 e. The van der Waals surface area contributed by atoms with E-state index in [0.29, 0.717) is 37.2 Å². The third-order valence-electron chi connectivity index (χ3n) is 4.06. The quantitative estimate of drug-likeness (QED) is 0.901. The normalized spacial score (nSPS) is 16.3. The Morgan fingerprint density at radius 1 is 1.33 bits per heavy atom. The molecule has 1 aromatic carbocycles. The van der Waals surface area contributed by atoms with Gasteiger partial charge < -0.3 is 9.73 Å². The summed E-state index contributed by atoms with van der Waals surface area (Å²) in [6.45, 7) is 2.36. The van der Waals surface area contributed by atoms with Gasteiger partial charge in [-0.15, -0.1) is 0 Å². The Labute approximate surface area is 141 Å². The number of nitrogens with zero attached hydrogens (tertiary/aromatic N) is 1. The zero-order chi connectivity index (χ0) is 17.2. The van der Waals surface area contributed by atoms with Crippen LogP contribution in [0.5, 0.6) is 0 Å². The van der Waals surface area contributed by atoms with Crippen molar-refractivity contribution in [2.24, 2.45) is 0 Å². The molecular weight excluding hydrogens is 328 g/mol. The molecular formula is C17H20N2O4S. The molecule has 0 atom stereocenters. The van der Waals surface area contributed by atoms with Crippen LogP contribution in [0.1, 0.15) is 24.2 Å². The summed E-state index contributed by atoms with van der Waals surface area (Å²) < 4.78 is 30.7. The summed E-state index contributed by atoms with van der Waals surface area (Å²) in [6, 6.07) is 8.94. The number of sulfonamides is 1. The molecule has 1 aliphatic rings. The summed E-state index contributed by atoms with van der Waals surface area (Å²) in [5, 5.41) is 2.86. The summed E-state index contributed by atoms with van der Waals surface area (Å²) in [7, 11) is -3.23. The van der Waals surface area contributed by atoms with E-state index in [-0.39, 0.29) is 11.7 Å². The number of amides is 1. The molecule has 7 heteroatoms. The minimum Gasteiger partial charge on any atom is -0.469 e. The predicted octanol–water partition coefficient (Wildman–Crippen LogP) is 2.70. The van der Waals surface area contributed by atoms with Gasteiger partial charge in [0.05, 0.1) is 17.7 Å². The van der Waals surface area contributed by atoms with Crippen LogP contribution in [0.4, 0.5) is 11.4 Å². The van der Waals surface area contributed by atoms with Gasteiger partial charge >= 0.3 is 0 Å². The van der Waals surface area contributed by atoms with E-state index in [0.717, 1.165) is 11.3 Å². The summed E-state index contributed by atoms with van der Waals surface area (Å²) in [6.07, 6.45) is 3.04. The lowest BCUT2D eigenvalue weighted by atomic mass is 10.1. The Morgan fingerprint density at radius 3 is 2.83 bits per heavy atom. The monoisotopic (exact) mass is 348 g/mol. The highest BCUT2D eigenvalue weighted by molar-refractivity contribution is 7.93. The number of carbonyl (C=O) groups is 1. The minimum absolute atomic E-state index is 0.129. The van der Waals surface area contributed by atoms with Crippen LogP contribution in [-0.2, 0) is 21.2 Å². The molecule has 1 fully saturated rings. The molecule has 128 valence electrons. The van der Waals surface area contributed by atoms with Gasteiger partial charge in [-0.2, -0.15) is 0 Å². The van der Waals surface area contributed by atoms with Crippen molar-refractivity contribution in [3.05, 3.63) is 47.9 Å². The highest BCUT2D eigenvalue weighted by atomic mass is 32.2. The molecule has 1 saturated heterocycles. The highest BCUT2D eigenvalue weighted by Crippen LogP contribution is 2.28. The molecule has 2 aromatic rings. The first-order valence-corrected chi connectivity index (χ1v) is 9.50. The lowest BCUT2D eigenvalue weighted by Gasteiger charge is -2.19. The molecule has 1 amide bonds. The van der Waals surface area contributed by atoms with E-state index < -0.39 is 10.0 Å². The molecule has 0 saturated carbocycles. The molecule has 1 aromatic heterocycles. The lowest BCUT2D eigenvalue weighted by Crippen LogP contribution is -2.25. The minimum atomic E-state index is -3.23. The zero-order valence-corrected chi connectivity index (χ0v) is 14.3. The molecule has 6 nitrogen and oxygen atoms in total. The van der Waals surface area contributed by atoms with Gasteiger partial charge in [-0.1, -0.05) is 6.07 Å². The summed E-state index contributed by atoms with van der Waals surface area (Å²) >= 11 is 0. The first-order valence-electron chi connectivity index (χ1n) is 7.89. The van der Waals surface area contributed by atoms with Crippen molar-refractivity contribution in [1.29, 1.82) is 0 Å². The summed E-state index contributed by atoms with van der Waals surface area (Å²) in [5.74, 6) is 0.806. The molecule has 0 spiro atoms. The van der Waals surface area contributed by atoms with E-state index in [2.05, 4.69) is 5.32 Å². The Kier molecular flexibility index (Phi) is 4.62. The third kappa shape index (κ3) is 3.62. The van der Waals surface area contributed by atoms with Crippen LogP contribution in [0.2, 0.25) is 0 Å². The number of furan rings is 1. The van der Waals surface area contributed by atoms with Crippen LogP contribution < -0.4 is 9.62 Å². The average Bonchev–Trinajstić information content (AvgIpc) is 3.16. The highest BCUT2D eigenvalue weighted by Gasteiger charge is 2.28. The molecule has 0 bridgehead atoms. The molecule has 24 heavy (non-hydrogen) atoms. The van der Waals surface area contributed by atoms with Crippen molar-refractivity contribution >= 4 is 27.3 Å². The van der Waals surface area contributed by atoms with Crippen LogP contribution in [0.3, 0.4) is 0 Å². The van der Waals surface area contributed by atoms with Gasteiger partial charge in [0.1, 0.15) is 5.76 Å². The van der Waals surface area contributed by atoms with E-state index in [1.54, 1.807) is 24.5 Å². The van der Waals surface area contributed by atoms with Crippen LogP contribution >= 0.6 is 0 Å². The largest absolute Gasteiger partial charge is 0.469 e. The molecule has 0 aliphatic carbocycles. The van der Waals surface area contributed by atoms with Crippen molar-refractivity contribution < 1.29 is 17.6 Å². The van der Waals surface area contributed by atoms with Gasteiger partial charge in [-0.3, -0.25) is 9.10 Å². The third-order valence-corrected chi connectivity index (χ3v) is 5.93. The van der Waals surface area contributed by atoms with E-state index in [4.69, 9.17) is 4.42 Å². The van der Waals surface area contributed by atoms with Crippen molar-refractivity contribution in [1.82, 2.24) is 0 Å². The standard InChI is InChI=1S/C17H20N2O4S/c1-13-5-6-14(19-9-3-11-24(19,21)22)12-16(13)18-17(20)8-7-15-4-2-10-23-15/h2,4-6,10,12H,3,7-9,11H2,1H3,(H,18,20). The number of hydrogen-bond donors (Lipinski definition) is 1. The zero-order valence-electron chi connectivity index (χ0n) is 13.5.